The zero-order valence-electron chi connectivity index (χ0n) is 30.1. The highest BCUT2D eigenvalue weighted by Crippen LogP contribution is 2.78. The zero-order valence-corrected chi connectivity index (χ0v) is 30.1. The maximum Gasteiger partial charge on any atom is 0.190 e. The molecule has 2 spiro atoms. The molecule has 7 aliphatic rings. The number of phenols is 1. The van der Waals surface area contributed by atoms with Crippen LogP contribution < -0.4 is 4.90 Å². The van der Waals surface area contributed by atoms with Crippen LogP contribution in [-0.2, 0) is 0 Å². The van der Waals surface area contributed by atoms with Crippen LogP contribution in [-0.4, -0.2) is 70.4 Å². The molecular weight excluding hydrogens is 633 g/mol. The second kappa shape index (κ2) is 11.6. The van der Waals surface area contributed by atoms with Crippen molar-refractivity contribution >= 4 is 11.5 Å². The van der Waals surface area contributed by atoms with E-state index in [0.717, 1.165) is 92.7 Å². The topological polar surface area (TPSA) is 84.2 Å². The van der Waals surface area contributed by atoms with Crippen molar-refractivity contribution in [2.45, 2.75) is 70.5 Å². The summed E-state index contributed by atoms with van der Waals surface area (Å²) in [6.45, 7) is 8.67. The van der Waals surface area contributed by atoms with Gasteiger partial charge in [0.15, 0.2) is 5.78 Å². The van der Waals surface area contributed by atoms with Gasteiger partial charge in [-0.05, 0) is 85.5 Å². The van der Waals surface area contributed by atoms with Crippen molar-refractivity contribution in [3.8, 4) is 16.9 Å². The number of piperazine rings is 1. The quantitative estimate of drug-likeness (QED) is 0.183. The number of aliphatic hydroxyl groups excluding tert-OH is 1. The molecule has 6 heteroatoms. The Balaban J connectivity index is 1.09. The number of allylic oxidation sites excluding steroid dienone is 4. The fourth-order valence-electron chi connectivity index (χ4n) is 12.5. The van der Waals surface area contributed by atoms with E-state index in [4.69, 9.17) is 0 Å². The van der Waals surface area contributed by atoms with Crippen LogP contribution in [0.1, 0.15) is 69.2 Å². The van der Waals surface area contributed by atoms with Crippen LogP contribution in [0.4, 0.5) is 5.69 Å². The van der Waals surface area contributed by atoms with E-state index in [-0.39, 0.29) is 40.0 Å². The van der Waals surface area contributed by atoms with Crippen LogP contribution in [0.5, 0.6) is 5.75 Å². The molecular formula is C45H52N2O4. The van der Waals surface area contributed by atoms with Gasteiger partial charge in [0, 0.05) is 60.1 Å². The molecule has 0 aromatic heterocycles. The molecule has 4 fully saturated rings. The number of rotatable bonds is 6. The normalized spacial score (nSPS) is 38.5. The van der Waals surface area contributed by atoms with Crippen LogP contribution in [0.15, 0.2) is 103 Å². The van der Waals surface area contributed by atoms with Gasteiger partial charge in [-0.1, -0.05) is 98.8 Å². The molecule has 6 nitrogen and oxygen atoms in total. The lowest BCUT2D eigenvalue weighted by Crippen LogP contribution is -2.67. The number of aliphatic hydroxyl groups is 2. The van der Waals surface area contributed by atoms with Gasteiger partial charge in [-0.15, -0.1) is 0 Å². The van der Waals surface area contributed by atoms with E-state index < -0.39 is 11.0 Å². The van der Waals surface area contributed by atoms with Gasteiger partial charge < -0.3 is 20.2 Å². The number of hydrogen-bond acceptors (Lipinski definition) is 6. The summed E-state index contributed by atoms with van der Waals surface area (Å²) in [6, 6.07) is 25.9. The number of carbonyl (C=O) groups excluding carboxylic acids is 1. The molecule has 0 radical (unpaired) electrons. The van der Waals surface area contributed by atoms with Gasteiger partial charge in [-0.3, -0.25) is 9.69 Å². The summed E-state index contributed by atoms with van der Waals surface area (Å²) < 4.78 is 0. The Labute approximate surface area is 302 Å². The molecule has 3 N–H and O–H groups in total. The van der Waals surface area contributed by atoms with Gasteiger partial charge in [0.1, 0.15) is 5.75 Å². The van der Waals surface area contributed by atoms with Crippen molar-refractivity contribution in [2.24, 2.45) is 33.5 Å². The molecule has 1 saturated heterocycles. The van der Waals surface area contributed by atoms with E-state index in [1.165, 1.54) is 0 Å². The molecule has 6 aliphatic carbocycles. The lowest BCUT2D eigenvalue weighted by atomic mass is 9.32. The summed E-state index contributed by atoms with van der Waals surface area (Å²) in [4.78, 5) is 20.1. The highest BCUT2D eigenvalue weighted by Gasteiger charge is 2.74. The number of anilines is 1. The van der Waals surface area contributed by atoms with E-state index in [0.29, 0.717) is 18.7 Å². The molecule has 8 atom stereocenters. The number of carbonyl (C=O) groups is 1. The maximum atomic E-state index is 15.4. The van der Waals surface area contributed by atoms with Gasteiger partial charge in [-0.25, -0.2) is 0 Å². The number of ketones is 1. The first-order valence-electron chi connectivity index (χ1n) is 19.3. The fraction of sp³-hybridized carbons (Fsp3) is 0.489. The van der Waals surface area contributed by atoms with E-state index in [9.17, 15) is 15.3 Å². The van der Waals surface area contributed by atoms with Crippen molar-refractivity contribution in [3.05, 3.63) is 108 Å². The Hall–Kier alpha value is -3.71. The summed E-state index contributed by atoms with van der Waals surface area (Å²) >= 11 is 0. The lowest BCUT2D eigenvalue weighted by Gasteiger charge is -2.71. The third-order valence-corrected chi connectivity index (χ3v) is 15.3. The Morgan fingerprint density at radius 1 is 0.784 bits per heavy atom. The number of phenolic OH excluding ortho intramolecular Hbond substituents is 1. The first-order valence-corrected chi connectivity index (χ1v) is 19.3. The fourth-order valence-corrected chi connectivity index (χ4v) is 12.5. The van der Waals surface area contributed by atoms with E-state index >= 15 is 4.79 Å². The predicted molar refractivity (Wildman–Crippen MR) is 202 cm³/mol. The van der Waals surface area contributed by atoms with Crippen molar-refractivity contribution in [3.63, 3.8) is 0 Å². The molecule has 1 aliphatic heterocycles. The summed E-state index contributed by atoms with van der Waals surface area (Å²) in [7, 11) is 0. The Morgan fingerprint density at radius 3 is 2.24 bits per heavy atom. The Kier molecular flexibility index (Phi) is 7.57. The Bertz CT molecular complexity index is 1920. The van der Waals surface area contributed by atoms with Crippen LogP contribution >= 0.6 is 0 Å². The monoisotopic (exact) mass is 684 g/mol. The van der Waals surface area contributed by atoms with Crippen molar-refractivity contribution < 1.29 is 20.1 Å². The van der Waals surface area contributed by atoms with Gasteiger partial charge in [0.05, 0.1) is 17.4 Å². The lowest BCUT2D eigenvalue weighted by molar-refractivity contribution is -0.176. The molecule has 3 saturated carbocycles. The largest absolute Gasteiger partial charge is 0.506 e. The van der Waals surface area contributed by atoms with Crippen molar-refractivity contribution in [2.75, 3.05) is 37.6 Å². The molecule has 1 unspecified atom stereocenters. The third-order valence-electron chi connectivity index (χ3n) is 15.3. The zero-order chi connectivity index (χ0) is 35.2. The molecule has 10 rings (SSSR count). The SMILES string of the molecule is C[C@]12CC[C@H]3[C@]4(C=C[C@@]5(C=C4C(=O)c4ccccc4-c4ccccc4)CC(O)CC[C@]35C)[C@@H]1CC[C@@]2(O)CN1CCN(c2ccccc2O)CC1. The molecule has 266 valence electrons. The average molecular weight is 685 g/mol. The predicted octanol–water partition coefficient (Wildman–Crippen LogP) is 7.66. The summed E-state index contributed by atoms with van der Waals surface area (Å²) in [6.07, 6.45) is 12.7. The van der Waals surface area contributed by atoms with Crippen molar-refractivity contribution in [1.82, 2.24) is 4.90 Å². The highest BCUT2D eigenvalue weighted by molar-refractivity contribution is 6.14. The number of benzene rings is 3. The summed E-state index contributed by atoms with van der Waals surface area (Å²) in [5.74, 6) is 0.798. The molecule has 51 heavy (non-hydrogen) atoms. The first kappa shape index (κ1) is 33.1. The molecule has 3 aromatic rings. The Morgan fingerprint density at radius 2 is 1.45 bits per heavy atom. The maximum absolute atomic E-state index is 15.4. The first-order chi connectivity index (χ1) is 24.5. The van der Waals surface area contributed by atoms with Gasteiger partial charge in [0.2, 0.25) is 0 Å². The van der Waals surface area contributed by atoms with Gasteiger partial charge in [-0.2, -0.15) is 0 Å². The number of aromatic hydroxyl groups is 1. The average Bonchev–Trinajstić information content (AvgIpc) is 3.42. The van der Waals surface area contributed by atoms with Crippen LogP contribution in [0.3, 0.4) is 0 Å². The minimum atomic E-state index is -0.881. The number of fused-ring (bicyclic) bond motifs is 1. The molecule has 3 aromatic carbocycles. The highest BCUT2D eigenvalue weighted by atomic mass is 16.3. The van der Waals surface area contributed by atoms with Crippen molar-refractivity contribution in [1.29, 1.82) is 0 Å². The third kappa shape index (κ3) is 4.61. The number of hydrogen-bond donors (Lipinski definition) is 3. The summed E-state index contributed by atoms with van der Waals surface area (Å²) in [5.41, 5.74) is 2.34. The van der Waals surface area contributed by atoms with Gasteiger partial charge in [0.25, 0.3) is 0 Å². The minimum Gasteiger partial charge on any atom is -0.506 e. The van der Waals surface area contributed by atoms with E-state index in [1.807, 2.05) is 54.6 Å². The molecule has 0 amide bonds. The van der Waals surface area contributed by atoms with Crippen LogP contribution in [0.25, 0.3) is 11.1 Å². The molecule has 1 heterocycles. The van der Waals surface area contributed by atoms with E-state index in [2.05, 4.69) is 60.1 Å². The standard InChI is InChI=1S/C45H52N2O4/c1-41-19-16-32(48)28-43(41)22-23-45(35(29-43)40(50)34-13-7-6-12-33(34)31-10-4-3-5-11-31)38(41)17-20-42(2)39(45)18-21-44(42,51)30-46-24-26-47(27-25-46)36-14-8-9-15-37(36)49/h3-15,22-23,29,32,38-39,48-49,51H,16-21,24-28,30H2,1-2H3/t32?,38-,39-,41-,42+,43+,44-,45-/m1/s1. The van der Waals surface area contributed by atoms with Crippen LogP contribution in [0.2, 0.25) is 0 Å². The number of para-hydroxylation sites is 2. The number of Topliss-reactive ketones (excluding diaryl/α,β-unsaturated/α-hetero) is 1. The van der Waals surface area contributed by atoms with Crippen LogP contribution in [0, 0.1) is 33.5 Å². The summed E-state index contributed by atoms with van der Waals surface area (Å²) in [5, 5.41) is 34.5. The smallest absolute Gasteiger partial charge is 0.190 e. The van der Waals surface area contributed by atoms with Gasteiger partial charge >= 0.3 is 0 Å². The number of nitrogens with zero attached hydrogens (tertiary/aromatic N) is 2. The second-order valence-electron chi connectivity index (χ2n) is 17.3. The minimum absolute atomic E-state index is 0.0644. The number of β-amino-alcohol motifs (C(OH)–C–C–N with tert-alkyl or cyclic N) is 1. The molecule has 2 bridgehead atoms. The second-order valence-corrected chi connectivity index (χ2v) is 17.3. The van der Waals surface area contributed by atoms with E-state index in [1.54, 1.807) is 6.07 Å².